The van der Waals surface area contributed by atoms with Crippen molar-refractivity contribution in [1.29, 1.82) is 0 Å². The molecular weight excluding hydrogens is 308 g/mol. The van der Waals surface area contributed by atoms with Crippen molar-refractivity contribution in [3.05, 3.63) is 52.8 Å². The van der Waals surface area contributed by atoms with Crippen LogP contribution in [-0.2, 0) is 6.42 Å². The van der Waals surface area contributed by atoms with E-state index < -0.39 is 0 Å². The van der Waals surface area contributed by atoms with Crippen LogP contribution in [0.25, 0.3) is 5.78 Å². The molecule has 0 spiro atoms. The number of hydrogen-bond donors (Lipinski definition) is 0. The second-order valence-electron chi connectivity index (χ2n) is 5.81. The summed E-state index contributed by atoms with van der Waals surface area (Å²) < 4.78 is 1.74. The van der Waals surface area contributed by atoms with Crippen molar-refractivity contribution in [1.82, 2.24) is 19.6 Å². The lowest BCUT2D eigenvalue weighted by Gasteiger charge is -2.25. The highest BCUT2D eigenvalue weighted by Crippen LogP contribution is 2.34. The molecule has 1 aliphatic carbocycles. The van der Waals surface area contributed by atoms with Gasteiger partial charge in [0.05, 0.1) is 11.3 Å². The number of Topliss-reactive ketones (excluding diaryl/α,β-unsaturated/α-hetero) is 1. The third-order valence-electron chi connectivity index (χ3n) is 4.43. The lowest BCUT2D eigenvalue weighted by atomic mass is 9.80. The summed E-state index contributed by atoms with van der Waals surface area (Å²) in [5.41, 5.74) is 4.07. The average molecular weight is 324 g/mol. The predicted octanol–water partition coefficient (Wildman–Crippen LogP) is 3.07. The highest BCUT2D eigenvalue weighted by molar-refractivity contribution is 7.98. The molecule has 0 amide bonds. The molecule has 3 aromatic rings. The van der Waals surface area contributed by atoms with E-state index >= 15 is 0 Å². The molecule has 4 rings (SSSR count). The number of carbonyl (C=O) groups excluding carboxylic acids is 1. The van der Waals surface area contributed by atoms with E-state index in [9.17, 15) is 4.79 Å². The zero-order valence-electron chi connectivity index (χ0n) is 13.0. The Kier molecular flexibility index (Phi) is 3.41. The first-order valence-electron chi connectivity index (χ1n) is 7.54. The maximum Gasteiger partial charge on any atom is 0.253 e. The van der Waals surface area contributed by atoms with Crippen molar-refractivity contribution in [2.24, 2.45) is 0 Å². The van der Waals surface area contributed by atoms with Gasteiger partial charge < -0.3 is 0 Å². The maximum absolute atomic E-state index is 12.6. The van der Waals surface area contributed by atoms with Crippen LogP contribution in [0.4, 0.5) is 0 Å². The molecule has 0 bridgehead atoms. The second kappa shape index (κ2) is 5.45. The molecule has 0 saturated carbocycles. The lowest BCUT2D eigenvalue weighted by Crippen LogP contribution is -2.23. The Balaban J connectivity index is 1.85. The topological polar surface area (TPSA) is 60.1 Å². The van der Waals surface area contributed by atoms with Crippen LogP contribution >= 0.6 is 11.8 Å². The number of benzene rings is 1. The van der Waals surface area contributed by atoms with E-state index in [-0.39, 0.29) is 11.7 Å². The minimum absolute atomic E-state index is 0.134. The van der Waals surface area contributed by atoms with Crippen LogP contribution in [0.2, 0.25) is 0 Å². The van der Waals surface area contributed by atoms with Gasteiger partial charge in [0, 0.05) is 12.6 Å². The fourth-order valence-corrected chi connectivity index (χ4v) is 3.62. The van der Waals surface area contributed by atoms with E-state index in [0.29, 0.717) is 22.9 Å². The smallest absolute Gasteiger partial charge is 0.253 e. The Labute approximate surface area is 138 Å². The third kappa shape index (κ3) is 2.34. The first-order chi connectivity index (χ1) is 11.2. The van der Waals surface area contributed by atoms with E-state index in [1.807, 2.05) is 18.4 Å². The van der Waals surface area contributed by atoms with Gasteiger partial charge in [-0.3, -0.25) is 4.79 Å². The number of thioether (sulfide) groups is 1. The number of aryl methyl sites for hydroxylation is 1. The van der Waals surface area contributed by atoms with Gasteiger partial charge in [-0.25, -0.2) is 4.98 Å². The number of hydrogen-bond acceptors (Lipinski definition) is 5. The monoisotopic (exact) mass is 324 g/mol. The van der Waals surface area contributed by atoms with Gasteiger partial charge in [0.1, 0.15) is 0 Å². The van der Waals surface area contributed by atoms with Gasteiger partial charge in [-0.2, -0.15) is 9.50 Å². The summed E-state index contributed by atoms with van der Waals surface area (Å²) in [5, 5.41) is 5.16. The van der Waals surface area contributed by atoms with Crippen molar-refractivity contribution >= 4 is 23.3 Å². The van der Waals surface area contributed by atoms with Gasteiger partial charge >= 0.3 is 0 Å². The molecule has 6 heteroatoms. The van der Waals surface area contributed by atoms with Crippen molar-refractivity contribution < 1.29 is 4.79 Å². The first-order valence-corrected chi connectivity index (χ1v) is 8.77. The standard InChI is InChI=1S/C17H16N4OS/c1-10-5-3-4-6-12(10)11-7-14-13(15(22)8-11)9-18-16-19-17(23-2)20-21(14)16/h3-6,9,11H,7-8H2,1-2H3. The fourth-order valence-electron chi connectivity index (χ4n) is 3.28. The summed E-state index contributed by atoms with van der Waals surface area (Å²) in [5.74, 6) is 0.880. The Morgan fingerprint density at radius 3 is 2.87 bits per heavy atom. The minimum atomic E-state index is 0.134. The number of fused-ring (bicyclic) bond motifs is 3. The molecule has 2 aromatic heterocycles. The van der Waals surface area contributed by atoms with Gasteiger partial charge in [0.15, 0.2) is 5.78 Å². The van der Waals surface area contributed by atoms with Crippen molar-refractivity contribution in [3.8, 4) is 0 Å². The maximum atomic E-state index is 12.6. The van der Waals surface area contributed by atoms with Crippen LogP contribution in [0.3, 0.4) is 0 Å². The molecule has 0 N–H and O–H groups in total. The van der Waals surface area contributed by atoms with Crippen molar-refractivity contribution in [3.63, 3.8) is 0 Å². The van der Waals surface area contributed by atoms with Crippen LogP contribution in [0.15, 0.2) is 35.6 Å². The first kappa shape index (κ1) is 14.4. The van der Waals surface area contributed by atoms with E-state index in [1.165, 1.54) is 22.9 Å². The minimum Gasteiger partial charge on any atom is -0.294 e. The molecule has 0 fully saturated rings. The van der Waals surface area contributed by atoms with Gasteiger partial charge in [-0.15, -0.1) is 5.10 Å². The lowest BCUT2D eigenvalue weighted by molar-refractivity contribution is 0.0962. The van der Waals surface area contributed by atoms with E-state index in [2.05, 4.69) is 34.1 Å². The van der Waals surface area contributed by atoms with Gasteiger partial charge in [0.25, 0.3) is 5.78 Å². The van der Waals surface area contributed by atoms with Crippen molar-refractivity contribution in [2.45, 2.75) is 30.8 Å². The number of carbonyl (C=O) groups is 1. The third-order valence-corrected chi connectivity index (χ3v) is 4.97. The largest absolute Gasteiger partial charge is 0.294 e. The average Bonchev–Trinajstić information content (AvgIpc) is 2.99. The molecule has 1 unspecified atom stereocenters. The molecule has 0 radical (unpaired) electrons. The van der Waals surface area contributed by atoms with Gasteiger partial charge in [-0.05, 0) is 36.6 Å². The number of rotatable bonds is 2. The predicted molar refractivity (Wildman–Crippen MR) is 89.1 cm³/mol. The summed E-state index contributed by atoms with van der Waals surface area (Å²) in [4.78, 5) is 21.2. The van der Waals surface area contributed by atoms with Gasteiger partial charge in [-0.1, -0.05) is 36.0 Å². The molecular formula is C17H16N4OS. The highest BCUT2D eigenvalue weighted by atomic mass is 32.2. The zero-order chi connectivity index (χ0) is 16.0. The summed E-state index contributed by atoms with van der Waals surface area (Å²) in [6.07, 6.45) is 4.89. The molecule has 2 heterocycles. The van der Waals surface area contributed by atoms with Crippen molar-refractivity contribution in [2.75, 3.05) is 6.26 Å². The Morgan fingerprint density at radius 1 is 1.26 bits per heavy atom. The number of ketones is 1. The molecule has 5 nitrogen and oxygen atoms in total. The highest BCUT2D eigenvalue weighted by Gasteiger charge is 2.30. The summed E-state index contributed by atoms with van der Waals surface area (Å²) >= 11 is 1.48. The Hall–Kier alpha value is -2.21. The van der Waals surface area contributed by atoms with E-state index in [1.54, 1.807) is 10.7 Å². The molecule has 23 heavy (non-hydrogen) atoms. The fraction of sp³-hybridized carbons (Fsp3) is 0.294. The zero-order valence-corrected chi connectivity index (χ0v) is 13.8. The molecule has 1 aliphatic rings. The molecule has 0 aliphatic heterocycles. The van der Waals surface area contributed by atoms with Crippen LogP contribution < -0.4 is 0 Å². The Bertz CT molecular complexity index is 918. The van der Waals surface area contributed by atoms with Gasteiger partial charge in [0.2, 0.25) is 5.16 Å². The number of aromatic nitrogens is 4. The summed E-state index contributed by atoms with van der Waals surface area (Å²) in [6, 6.07) is 8.28. The number of nitrogens with zero attached hydrogens (tertiary/aromatic N) is 4. The SMILES string of the molecule is CSc1nc2ncc3c(n2n1)CC(c1ccccc1C)CC3=O. The van der Waals surface area contributed by atoms with E-state index in [4.69, 9.17) is 0 Å². The van der Waals surface area contributed by atoms with Crippen LogP contribution in [0.5, 0.6) is 0 Å². The normalized spacial score (nSPS) is 17.5. The molecule has 116 valence electrons. The summed E-state index contributed by atoms with van der Waals surface area (Å²) in [7, 11) is 0. The quantitative estimate of drug-likeness (QED) is 0.678. The van der Waals surface area contributed by atoms with Crippen LogP contribution in [-0.4, -0.2) is 31.6 Å². The summed E-state index contributed by atoms with van der Waals surface area (Å²) in [6.45, 7) is 2.10. The second-order valence-corrected chi connectivity index (χ2v) is 6.59. The van der Waals surface area contributed by atoms with Crippen LogP contribution in [0.1, 0.15) is 39.5 Å². The van der Waals surface area contributed by atoms with E-state index in [0.717, 1.165) is 12.1 Å². The van der Waals surface area contributed by atoms with Crippen LogP contribution in [0, 0.1) is 6.92 Å². The molecule has 1 aromatic carbocycles. The molecule has 1 atom stereocenters. The molecule has 0 saturated heterocycles. The Morgan fingerprint density at radius 2 is 2.09 bits per heavy atom.